The lowest BCUT2D eigenvalue weighted by atomic mass is 9.54. The van der Waals surface area contributed by atoms with Crippen molar-refractivity contribution in [3.63, 3.8) is 0 Å². The highest BCUT2D eigenvalue weighted by molar-refractivity contribution is 5.82. The SMILES string of the molecule is CNC(=O)C12CCC(C#N)(CC1)CC2. The second kappa shape index (κ2) is 2.98. The molecular formula is C11H16N2O. The number of nitrogens with zero attached hydrogens (tertiary/aromatic N) is 1. The highest BCUT2D eigenvalue weighted by Gasteiger charge is 2.52. The molecule has 3 aliphatic carbocycles. The first-order valence-electron chi connectivity index (χ1n) is 5.30. The Kier molecular flexibility index (Phi) is 2.02. The molecule has 0 unspecified atom stereocenters. The largest absolute Gasteiger partial charge is 0.359 e. The van der Waals surface area contributed by atoms with Crippen LogP contribution >= 0.6 is 0 Å². The van der Waals surface area contributed by atoms with Gasteiger partial charge in [0.05, 0.1) is 11.5 Å². The molecule has 0 radical (unpaired) electrons. The Labute approximate surface area is 84.5 Å². The van der Waals surface area contributed by atoms with Crippen LogP contribution in [-0.2, 0) is 4.79 Å². The van der Waals surface area contributed by atoms with E-state index in [0.29, 0.717) is 0 Å². The molecule has 0 spiro atoms. The molecular weight excluding hydrogens is 176 g/mol. The summed E-state index contributed by atoms with van der Waals surface area (Å²) in [5.41, 5.74) is -0.219. The summed E-state index contributed by atoms with van der Waals surface area (Å²) < 4.78 is 0. The number of nitrogens with one attached hydrogen (secondary N) is 1. The average Bonchev–Trinajstić information content (AvgIpc) is 2.30. The third-order valence-corrected chi connectivity index (χ3v) is 4.19. The number of rotatable bonds is 1. The Balaban J connectivity index is 2.17. The van der Waals surface area contributed by atoms with Crippen LogP contribution in [0.2, 0.25) is 0 Å². The van der Waals surface area contributed by atoms with Gasteiger partial charge in [-0.2, -0.15) is 5.26 Å². The van der Waals surface area contributed by atoms with E-state index in [1.54, 1.807) is 7.05 Å². The Morgan fingerprint density at radius 3 is 2.07 bits per heavy atom. The van der Waals surface area contributed by atoms with Crippen molar-refractivity contribution in [1.29, 1.82) is 5.26 Å². The van der Waals surface area contributed by atoms with E-state index < -0.39 is 0 Å². The highest BCUT2D eigenvalue weighted by Crippen LogP contribution is 2.56. The lowest BCUT2D eigenvalue weighted by Gasteiger charge is -2.49. The molecule has 0 aromatic heterocycles. The number of carbonyl (C=O) groups excluding carboxylic acids is 1. The van der Waals surface area contributed by atoms with Gasteiger partial charge in [-0.3, -0.25) is 4.79 Å². The number of hydrogen-bond donors (Lipinski definition) is 1. The number of amides is 1. The van der Waals surface area contributed by atoms with Crippen LogP contribution in [0.3, 0.4) is 0 Å². The summed E-state index contributed by atoms with van der Waals surface area (Å²) in [6.45, 7) is 0. The predicted octanol–water partition coefficient (Wildman–Crippen LogP) is 1.60. The van der Waals surface area contributed by atoms with Crippen LogP contribution in [0.25, 0.3) is 0 Å². The van der Waals surface area contributed by atoms with Crippen LogP contribution in [0.15, 0.2) is 0 Å². The van der Waals surface area contributed by atoms with Crippen LogP contribution in [-0.4, -0.2) is 13.0 Å². The summed E-state index contributed by atoms with van der Waals surface area (Å²) in [5.74, 6) is 0.184. The third kappa shape index (κ3) is 1.13. The number of nitriles is 1. The molecule has 76 valence electrons. The molecule has 2 bridgehead atoms. The van der Waals surface area contributed by atoms with Crippen molar-refractivity contribution in [3.8, 4) is 6.07 Å². The van der Waals surface area contributed by atoms with Gasteiger partial charge in [-0.05, 0) is 38.5 Å². The van der Waals surface area contributed by atoms with Gasteiger partial charge in [-0.15, -0.1) is 0 Å². The second-order valence-electron chi connectivity index (χ2n) is 4.75. The van der Waals surface area contributed by atoms with Gasteiger partial charge >= 0.3 is 0 Å². The van der Waals surface area contributed by atoms with Crippen LogP contribution in [0.4, 0.5) is 0 Å². The van der Waals surface area contributed by atoms with Gasteiger partial charge in [0.1, 0.15) is 0 Å². The maximum atomic E-state index is 11.7. The summed E-state index contributed by atoms with van der Waals surface area (Å²) in [6.07, 6.45) is 5.45. The number of carbonyl (C=O) groups is 1. The summed E-state index contributed by atoms with van der Waals surface area (Å²) in [4.78, 5) is 11.7. The van der Waals surface area contributed by atoms with Crippen molar-refractivity contribution < 1.29 is 4.79 Å². The van der Waals surface area contributed by atoms with Gasteiger partial charge in [0.15, 0.2) is 0 Å². The molecule has 1 N–H and O–H groups in total. The monoisotopic (exact) mass is 192 g/mol. The zero-order valence-corrected chi connectivity index (χ0v) is 8.60. The first-order valence-corrected chi connectivity index (χ1v) is 5.30. The van der Waals surface area contributed by atoms with E-state index in [9.17, 15) is 4.79 Å². The molecule has 0 heterocycles. The molecule has 14 heavy (non-hydrogen) atoms. The Bertz CT molecular complexity index is 278. The fraction of sp³-hybridized carbons (Fsp3) is 0.818. The molecule has 0 atom stereocenters. The molecule has 0 saturated heterocycles. The van der Waals surface area contributed by atoms with Gasteiger partial charge < -0.3 is 5.32 Å². The van der Waals surface area contributed by atoms with Crippen molar-refractivity contribution in [3.05, 3.63) is 0 Å². The van der Waals surface area contributed by atoms with E-state index in [0.717, 1.165) is 38.5 Å². The molecule has 3 aliphatic rings. The van der Waals surface area contributed by atoms with Crippen molar-refractivity contribution in [2.75, 3.05) is 7.05 Å². The minimum Gasteiger partial charge on any atom is -0.359 e. The smallest absolute Gasteiger partial charge is 0.225 e. The first-order chi connectivity index (χ1) is 6.66. The van der Waals surface area contributed by atoms with Gasteiger partial charge in [-0.1, -0.05) is 0 Å². The van der Waals surface area contributed by atoms with Gasteiger partial charge in [0.25, 0.3) is 0 Å². The summed E-state index contributed by atoms with van der Waals surface area (Å²) in [6, 6.07) is 2.45. The molecule has 3 rings (SSSR count). The fourth-order valence-corrected chi connectivity index (χ4v) is 2.96. The van der Waals surface area contributed by atoms with Crippen molar-refractivity contribution in [1.82, 2.24) is 5.32 Å². The molecule has 3 nitrogen and oxygen atoms in total. The average molecular weight is 192 g/mol. The van der Waals surface area contributed by atoms with E-state index in [1.807, 2.05) is 0 Å². The second-order valence-corrected chi connectivity index (χ2v) is 4.75. The molecule has 3 saturated carbocycles. The molecule has 3 heteroatoms. The van der Waals surface area contributed by atoms with Crippen LogP contribution in [0.5, 0.6) is 0 Å². The predicted molar refractivity (Wildman–Crippen MR) is 52.2 cm³/mol. The maximum Gasteiger partial charge on any atom is 0.225 e. The van der Waals surface area contributed by atoms with Gasteiger partial charge in [-0.25, -0.2) is 0 Å². The summed E-state index contributed by atoms with van der Waals surface area (Å²) in [7, 11) is 1.71. The lowest BCUT2D eigenvalue weighted by molar-refractivity contribution is -0.138. The topological polar surface area (TPSA) is 52.9 Å². The van der Waals surface area contributed by atoms with Crippen LogP contribution < -0.4 is 5.32 Å². The van der Waals surface area contributed by atoms with Crippen molar-refractivity contribution >= 4 is 5.91 Å². The molecule has 0 aromatic rings. The number of hydrogen-bond acceptors (Lipinski definition) is 2. The molecule has 0 aromatic carbocycles. The van der Waals surface area contributed by atoms with E-state index in [4.69, 9.17) is 5.26 Å². The van der Waals surface area contributed by atoms with Crippen molar-refractivity contribution in [2.45, 2.75) is 38.5 Å². The van der Waals surface area contributed by atoms with E-state index >= 15 is 0 Å². The zero-order chi connectivity index (χ0) is 10.2. The standard InChI is InChI=1S/C11H16N2O/c1-13-9(14)11-5-2-10(8-12,3-6-11)4-7-11/h2-7H2,1H3,(H,13,14). The minimum atomic E-state index is -0.132. The minimum absolute atomic E-state index is 0.0875. The van der Waals surface area contributed by atoms with E-state index in [1.165, 1.54) is 0 Å². The van der Waals surface area contributed by atoms with Crippen LogP contribution in [0, 0.1) is 22.2 Å². The molecule has 1 amide bonds. The normalized spacial score (nSPS) is 40.3. The maximum absolute atomic E-state index is 11.7. The van der Waals surface area contributed by atoms with E-state index in [-0.39, 0.29) is 16.7 Å². The Morgan fingerprint density at radius 1 is 1.21 bits per heavy atom. The molecule has 3 fully saturated rings. The van der Waals surface area contributed by atoms with Crippen LogP contribution in [0.1, 0.15) is 38.5 Å². The highest BCUT2D eigenvalue weighted by atomic mass is 16.2. The zero-order valence-electron chi connectivity index (χ0n) is 8.60. The summed E-state index contributed by atoms with van der Waals surface area (Å²) >= 11 is 0. The quantitative estimate of drug-likeness (QED) is 0.686. The fourth-order valence-electron chi connectivity index (χ4n) is 2.96. The van der Waals surface area contributed by atoms with E-state index in [2.05, 4.69) is 11.4 Å². The van der Waals surface area contributed by atoms with Gasteiger partial charge in [0, 0.05) is 12.5 Å². The first kappa shape index (κ1) is 9.51. The van der Waals surface area contributed by atoms with Gasteiger partial charge in [0.2, 0.25) is 5.91 Å². The van der Waals surface area contributed by atoms with Crippen molar-refractivity contribution in [2.24, 2.45) is 10.8 Å². The summed E-state index contributed by atoms with van der Waals surface area (Å²) in [5, 5.41) is 11.9. The third-order valence-electron chi connectivity index (χ3n) is 4.19. The number of fused-ring (bicyclic) bond motifs is 3. The lowest BCUT2D eigenvalue weighted by Crippen LogP contribution is -2.49. The Hall–Kier alpha value is -1.04. The Morgan fingerprint density at radius 2 is 1.71 bits per heavy atom. The molecule has 0 aliphatic heterocycles.